The van der Waals surface area contributed by atoms with Gasteiger partial charge in [-0.15, -0.1) is 11.3 Å². The standard InChI is InChI=1S/C27H42N6OS/c1-2-23-18-24-25(29-20-30-27(24)35-23)33-15-6-8-21(19-33)26(34)28-11-7-12-31-16-9-22(10-17-31)32-13-4-3-5-14-32/h18,20-22H,2-17,19H2,1H3,(H,28,34)/t21-/m1/s1. The highest BCUT2D eigenvalue weighted by Crippen LogP contribution is 2.32. The molecule has 1 atom stereocenters. The number of aryl methyl sites for hydroxylation is 1. The number of nitrogens with one attached hydrogen (secondary N) is 1. The fraction of sp³-hybridized carbons (Fsp3) is 0.741. The van der Waals surface area contributed by atoms with Gasteiger partial charge in [-0.3, -0.25) is 4.79 Å². The Morgan fingerprint density at radius 2 is 1.89 bits per heavy atom. The van der Waals surface area contributed by atoms with E-state index in [2.05, 4.69) is 43.0 Å². The van der Waals surface area contributed by atoms with E-state index in [1.165, 1.54) is 63.2 Å². The molecule has 0 aliphatic carbocycles. The van der Waals surface area contributed by atoms with Crippen molar-refractivity contribution in [3.8, 4) is 0 Å². The largest absolute Gasteiger partial charge is 0.356 e. The van der Waals surface area contributed by atoms with E-state index < -0.39 is 0 Å². The molecule has 8 heteroatoms. The molecule has 1 amide bonds. The van der Waals surface area contributed by atoms with Gasteiger partial charge >= 0.3 is 0 Å². The topological polar surface area (TPSA) is 64.6 Å². The second kappa shape index (κ2) is 12.0. The maximum absolute atomic E-state index is 13.0. The van der Waals surface area contributed by atoms with Gasteiger partial charge in [-0.1, -0.05) is 13.3 Å². The third-order valence-corrected chi connectivity index (χ3v) is 9.40. The van der Waals surface area contributed by atoms with Gasteiger partial charge in [0.2, 0.25) is 5.91 Å². The Balaban J connectivity index is 1.04. The SMILES string of the molecule is CCc1cc2c(N3CCC[C@@H](C(=O)NCCCN4CCC(N5CCCCC5)CC4)C3)ncnc2s1. The molecule has 3 fully saturated rings. The quantitative estimate of drug-likeness (QED) is 0.557. The van der Waals surface area contributed by atoms with Gasteiger partial charge in [0.15, 0.2) is 0 Å². The van der Waals surface area contributed by atoms with Crippen molar-refractivity contribution in [2.75, 3.05) is 57.3 Å². The highest BCUT2D eigenvalue weighted by Gasteiger charge is 2.28. The molecule has 3 saturated heterocycles. The molecule has 5 rings (SSSR count). The van der Waals surface area contributed by atoms with E-state index in [9.17, 15) is 4.79 Å². The Kier molecular flexibility index (Phi) is 8.52. The highest BCUT2D eigenvalue weighted by atomic mass is 32.1. The van der Waals surface area contributed by atoms with Crippen molar-refractivity contribution in [1.29, 1.82) is 0 Å². The average molecular weight is 499 g/mol. The second-order valence-electron chi connectivity index (χ2n) is 10.6. The first kappa shape index (κ1) is 24.9. The zero-order chi connectivity index (χ0) is 24.0. The molecular weight excluding hydrogens is 456 g/mol. The molecule has 5 heterocycles. The lowest BCUT2D eigenvalue weighted by molar-refractivity contribution is -0.125. The molecule has 0 spiro atoms. The summed E-state index contributed by atoms with van der Waals surface area (Å²) < 4.78 is 0. The third kappa shape index (κ3) is 6.15. The van der Waals surface area contributed by atoms with Crippen LogP contribution < -0.4 is 10.2 Å². The minimum atomic E-state index is 0.0401. The van der Waals surface area contributed by atoms with Crippen molar-refractivity contribution in [1.82, 2.24) is 25.1 Å². The Hall–Kier alpha value is -1.77. The Morgan fingerprint density at radius 3 is 2.69 bits per heavy atom. The van der Waals surface area contributed by atoms with E-state index in [-0.39, 0.29) is 11.8 Å². The summed E-state index contributed by atoms with van der Waals surface area (Å²) in [6.07, 6.45) is 12.5. The molecule has 0 radical (unpaired) electrons. The van der Waals surface area contributed by atoms with Crippen LogP contribution in [0.15, 0.2) is 12.4 Å². The lowest BCUT2D eigenvalue weighted by atomic mass is 9.97. The molecule has 2 aromatic heterocycles. The van der Waals surface area contributed by atoms with Gasteiger partial charge in [-0.05, 0) is 90.2 Å². The smallest absolute Gasteiger partial charge is 0.224 e. The summed E-state index contributed by atoms with van der Waals surface area (Å²) in [7, 11) is 0. The lowest BCUT2D eigenvalue weighted by Crippen LogP contribution is -2.47. The minimum Gasteiger partial charge on any atom is -0.356 e. The number of hydrogen-bond acceptors (Lipinski definition) is 7. The summed E-state index contributed by atoms with van der Waals surface area (Å²) in [5.41, 5.74) is 0. The van der Waals surface area contributed by atoms with Crippen molar-refractivity contribution in [3.05, 3.63) is 17.3 Å². The van der Waals surface area contributed by atoms with Gasteiger partial charge in [-0.25, -0.2) is 9.97 Å². The maximum atomic E-state index is 13.0. The number of nitrogens with zero attached hydrogens (tertiary/aromatic N) is 5. The first-order chi connectivity index (χ1) is 17.2. The van der Waals surface area contributed by atoms with E-state index in [1.54, 1.807) is 17.7 Å². The Labute approximate surface area is 214 Å². The van der Waals surface area contributed by atoms with Crippen LogP contribution in [-0.4, -0.2) is 84.1 Å². The number of likely N-dealkylation sites (tertiary alicyclic amines) is 2. The van der Waals surface area contributed by atoms with E-state index in [0.29, 0.717) is 0 Å². The van der Waals surface area contributed by atoms with Crippen molar-refractivity contribution in [3.63, 3.8) is 0 Å². The molecule has 35 heavy (non-hydrogen) atoms. The lowest BCUT2D eigenvalue weighted by Gasteiger charge is -2.40. The number of amides is 1. The molecule has 0 aromatic carbocycles. The van der Waals surface area contributed by atoms with Crippen LogP contribution in [0.3, 0.4) is 0 Å². The molecule has 3 aliphatic rings. The number of aromatic nitrogens is 2. The zero-order valence-electron chi connectivity index (χ0n) is 21.4. The van der Waals surface area contributed by atoms with E-state index in [0.717, 1.165) is 73.9 Å². The van der Waals surface area contributed by atoms with Gasteiger partial charge < -0.3 is 20.0 Å². The Morgan fingerprint density at radius 1 is 1.06 bits per heavy atom. The van der Waals surface area contributed by atoms with Crippen LogP contribution in [0.4, 0.5) is 5.82 Å². The van der Waals surface area contributed by atoms with E-state index in [4.69, 9.17) is 0 Å². The average Bonchev–Trinajstić information content (AvgIpc) is 3.36. The normalized spacial score (nSPS) is 23.1. The van der Waals surface area contributed by atoms with Crippen LogP contribution in [0.5, 0.6) is 0 Å². The number of thiophene rings is 1. The second-order valence-corrected chi connectivity index (χ2v) is 11.7. The van der Waals surface area contributed by atoms with Crippen LogP contribution in [-0.2, 0) is 11.2 Å². The van der Waals surface area contributed by atoms with Crippen LogP contribution in [0, 0.1) is 5.92 Å². The summed E-state index contributed by atoms with van der Waals surface area (Å²) in [5, 5.41) is 4.38. The summed E-state index contributed by atoms with van der Waals surface area (Å²) >= 11 is 1.75. The summed E-state index contributed by atoms with van der Waals surface area (Å²) in [4.78, 5) is 32.1. The Bertz CT molecular complexity index is 966. The maximum Gasteiger partial charge on any atom is 0.224 e. The molecular formula is C27H42N6OS. The summed E-state index contributed by atoms with van der Waals surface area (Å²) in [6.45, 7) is 10.8. The van der Waals surface area contributed by atoms with Gasteiger partial charge in [0.1, 0.15) is 17.0 Å². The number of fused-ring (bicyclic) bond motifs is 1. The third-order valence-electron chi connectivity index (χ3n) is 8.21. The predicted molar refractivity (Wildman–Crippen MR) is 144 cm³/mol. The first-order valence-electron chi connectivity index (χ1n) is 13.9. The fourth-order valence-corrected chi connectivity index (χ4v) is 7.08. The van der Waals surface area contributed by atoms with Gasteiger partial charge in [0, 0.05) is 30.6 Å². The number of hydrogen-bond donors (Lipinski definition) is 1. The van der Waals surface area contributed by atoms with Crippen molar-refractivity contribution >= 4 is 33.3 Å². The zero-order valence-corrected chi connectivity index (χ0v) is 22.2. The molecule has 3 aliphatic heterocycles. The first-order valence-corrected chi connectivity index (χ1v) is 14.8. The van der Waals surface area contributed by atoms with E-state index in [1.807, 2.05) is 0 Å². The van der Waals surface area contributed by atoms with Crippen LogP contribution in [0.1, 0.15) is 63.2 Å². The number of piperidine rings is 3. The minimum absolute atomic E-state index is 0.0401. The number of carbonyl (C=O) groups excluding carboxylic acids is 1. The molecule has 0 saturated carbocycles. The monoisotopic (exact) mass is 498 g/mol. The molecule has 2 aromatic rings. The van der Waals surface area contributed by atoms with E-state index >= 15 is 0 Å². The highest BCUT2D eigenvalue weighted by molar-refractivity contribution is 7.18. The summed E-state index contributed by atoms with van der Waals surface area (Å²) in [5.74, 6) is 1.25. The van der Waals surface area contributed by atoms with Gasteiger partial charge in [0.05, 0.1) is 11.3 Å². The van der Waals surface area contributed by atoms with Gasteiger partial charge in [-0.2, -0.15) is 0 Å². The molecule has 192 valence electrons. The fourth-order valence-electron chi connectivity index (χ4n) is 6.15. The predicted octanol–water partition coefficient (Wildman–Crippen LogP) is 3.93. The number of rotatable bonds is 8. The number of anilines is 1. The molecule has 1 N–H and O–H groups in total. The molecule has 0 unspecified atom stereocenters. The van der Waals surface area contributed by atoms with Crippen molar-refractivity contribution in [2.24, 2.45) is 5.92 Å². The van der Waals surface area contributed by atoms with Gasteiger partial charge in [0.25, 0.3) is 0 Å². The molecule has 0 bridgehead atoms. The van der Waals surface area contributed by atoms with Crippen LogP contribution in [0.25, 0.3) is 10.2 Å². The van der Waals surface area contributed by atoms with Crippen LogP contribution in [0.2, 0.25) is 0 Å². The van der Waals surface area contributed by atoms with Crippen molar-refractivity contribution in [2.45, 2.75) is 70.8 Å². The van der Waals surface area contributed by atoms with Crippen molar-refractivity contribution < 1.29 is 4.79 Å². The summed E-state index contributed by atoms with van der Waals surface area (Å²) in [6, 6.07) is 3.04. The number of carbonyl (C=O) groups is 1. The van der Waals surface area contributed by atoms with Crippen LogP contribution >= 0.6 is 11.3 Å². The molecule has 7 nitrogen and oxygen atoms in total.